The van der Waals surface area contributed by atoms with E-state index in [4.69, 9.17) is 0 Å². The van der Waals surface area contributed by atoms with Crippen LogP contribution in [0.3, 0.4) is 0 Å². The van der Waals surface area contributed by atoms with Gasteiger partial charge in [0.2, 0.25) is 10.0 Å². The van der Waals surface area contributed by atoms with Crippen LogP contribution in [-0.2, 0) is 10.0 Å². The van der Waals surface area contributed by atoms with E-state index in [2.05, 4.69) is 20.0 Å². The SMILES string of the molecule is CCS(=O)(=O)N1CCN(c2cc(-c3ccccc3)nc3ncnn23)CC1. The number of benzene rings is 1. The van der Waals surface area contributed by atoms with Crippen LogP contribution in [0.2, 0.25) is 0 Å². The highest BCUT2D eigenvalue weighted by molar-refractivity contribution is 7.89. The number of rotatable bonds is 4. The van der Waals surface area contributed by atoms with Gasteiger partial charge in [0.25, 0.3) is 5.78 Å². The number of hydrogen-bond acceptors (Lipinski definition) is 6. The summed E-state index contributed by atoms with van der Waals surface area (Å²) in [4.78, 5) is 11.0. The fraction of sp³-hybridized carbons (Fsp3) is 0.353. The maximum atomic E-state index is 12.1. The van der Waals surface area contributed by atoms with E-state index >= 15 is 0 Å². The normalized spacial score (nSPS) is 16.3. The quantitative estimate of drug-likeness (QED) is 0.686. The van der Waals surface area contributed by atoms with Gasteiger partial charge in [-0.1, -0.05) is 30.3 Å². The monoisotopic (exact) mass is 372 g/mol. The predicted molar refractivity (Wildman–Crippen MR) is 99.5 cm³/mol. The Morgan fingerprint density at radius 1 is 1.08 bits per heavy atom. The predicted octanol–water partition coefficient (Wildman–Crippen LogP) is 1.26. The van der Waals surface area contributed by atoms with Crippen LogP contribution >= 0.6 is 0 Å². The van der Waals surface area contributed by atoms with Gasteiger partial charge in [-0.25, -0.2) is 13.4 Å². The van der Waals surface area contributed by atoms with Gasteiger partial charge in [-0.15, -0.1) is 0 Å². The van der Waals surface area contributed by atoms with Crippen molar-refractivity contribution >= 4 is 21.6 Å². The molecule has 0 atom stereocenters. The second kappa shape index (κ2) is 6.65. The molecule has 0 radical (unpaired) electrons. The molecular weight excluding hydrogens is 352 g/mol. The topological polar surface area (TPSA) is 83.7 Å². The van der Waals surface area contributed by atoms with E-state index in [1.165, 1.54) is 6.33 Å². The molecule has 0 aliphatic carbocycles. The van der Waals surface area contributed by atoms with Crippen molar-refractivity contribution in [3.05, 3.63) is 42.7 Å². The van der Waals surface area contributed by atoms with Crippen molar-refractivity contribution in [2.75, 3.05) is 36.8 Å². The molecule has 1 saturated heterocycles. The first-order valence-corrected chi connectivity index (χ1v) is 10.2. The molecule has 4 rings (SSSR count). The van der Waals surface area contributed by atoms with E-state index in [9.17, 15) is 8.42 Å². The summed E-state index contributed by atoms with van der Waals surface area (Å²) in [6.07, 6.45) is 1.48. The van der Waals surface area contributed by atoms with Crippen molar-refractivity contribution < 1.29 is 8.42 Å². The Morgan fingerprint density at radius 3 is 2.50 bits per heavy atom. The Labute approximate surface area is 152 Å². The van der Waals surface area contributed by atoms with Gasteiger partial charge in [0.15, 0.2) is 0 Å². The molecule has 136 valence electrons. The van der Waals surface area contributed by atoms with Crippen molar-refractivity contribution in [3.63, 3.8) is 0 Å². The molecule has 3 aromatic rings. The lowest BCUT2D eigenvalue weighted by molar-refractivity contribution is 0.383. The van der Waals surface area contributed by atoms with Crippen LogP contribution in [0.25, 0.3) is 17.0 Å². The smallest absolute Gasteiger partial charge is 0.254 e. The van der Waals surface area contributed by atoms with Crippen LogP contribution in [0, 0.1) is 0 Å². The van der Waals surface area contributed by atoms with E-state index < -0.39 is 10.0 Å². The maximum absolute atomic E-state index is 12.1. The van der Waals surface area contributed by atoms with Crippen molar-refractivity contribution in [2.45, 2.75) is 6.92 Å². The summed E-state index contributed by atoms with van der Waals surface area (Å²) in [5.74, 6) is 1.54. The minimum atomic E-state index is -3.15. The first kappa shape index (κ1) is 16.9. The molecule has 0 saturated carbocycles. The first-order valence-electron chi connectivity index (χ1n) is 8.57. The Balaban J connectivity index is 1.68. The zero-order chi connectivity index (χ0) is 18.1. The zero-order valence-corrected chi connectivity index (χ0v) is 15.3. The Morgan fingerprint density at radius 2 is 1.81 bits per heavy atom. The van der Waals surface area contributed by atoms with Gasteiger partial charge < -0.3 is 4.90 Å². The van der Waals surface area contributed by atoms with Crippen LogP contribution in [0.5, 0.6) is 0 Å². The Kier molecular flexibility index (Phi) is 4.33. The molecule has 1 aliphatic heterocycles. The van der Waals surface area contributed by atoms with Gasteiger partial charge >= 0.3 is 0 Å². The highest BCUT2D eigenvalue weighted by Crippen LogP contribution is 2.24. The molecule has 1 aromatic carbocycles. The third-order valence-corrected chi connectivity index (χ3v) is 6.50. The summed E-state index contributed by atoms with van der Waals surface area (Å²) in [7, 11) is -3.15. The minimum absolute atomic E-state index is 0.133. The first-order chi connectivity index (χ1) is 12.6. The number of fused-ring (bicyclic) bond motifs is 1. The molecule has 0 bridgehead atoms. The lowest BCUT2D eigenvalue weighted by Gasteiger charge is -2.35. The average Bonchev–Trinajstić information content (AvgIpc) is 3.17. The number of hydrogen-bond donors (Lipinski definition) is 0. The van der Waals surface area contributed by atoms with Gasteiger partial charge in [-0.3, -0.25) is 0 Å². The van der Waals surface area contributed by atoms with Crippen molar-refractivity contribution in [2.24, 2.45) is 0 Å². The van der Waals surface area contributed by atoms with Gasteiger partial charge in [-0.2, -0.15) is 18.9 Å². The minimum Gasteiger partial charge on any atom is -0.354 e. The highest BCUT2D eigenvalue weighted by Gasteiger charge is 2.27. The summed E-state index contributed by atoms with van der Waals surface area (Å²) in [6, 6.07) is 11.9. The van der Waals surface area contributed by atoms with E-state index in [-0.39, 0.29) is 5.75 Å². The van der Waals surface area contributed by atoms with Crippen LogP contribution in [0.4, 0.5) is 5.82 Å². The molecule has 0 N–H and O–H groups in total. The third-order valence-electron chi connectivity index (χ3n) is 4.62. The summed E-state index contributed by atoms with van der Waals surface area (Å²) in [5.41, 5.74) is 1.83. The largest absolute Gasteiger partial charge is 0.354 e. The van der Waals surface area contributed by atoms with Crippen molar-refractivity contribution in [1.82, 2.24) is 23.9 Å². The summed E-state index contributed by atoms with van der Waals surface area (Å²) >= 11 is 0. The second-order valence-electron chi connectivity index (χ2n) is 6.12. The Bertz CT molecular complexity index is 1010. The molecule has 8 nitrogen and oxygen atoms in total. The molecule has 0 amide bonds. The highest BCUT2D eigenvalue weighted by atomic mass is 32.2. The van der Waals surface area contributed by atoms with Gasteiger partial charge in [0.1, 0.15) is 12.1 Å². The van der Waals surface area contributed by atoms with E-state index in [1.807, 2.05) is 36.4 Å². The van der Waals surface area contributed by atoms with E-state index in [0.717, 1.165) is 17.1 Å². The molecule has 26 heavy (non-hydrogen) atoms. The molecule has 0 spiro atoms. The molecule has 0 unspecified atom stereocenters. The van der Waals surface area contributed by atoms with Crippen molar-refractivity contribution in [3.8, 4) is 11.3 Å². The number of nitrogens with zero attached hydrogens (tertiary/aromatic N) is 6. The maximum Gasteiger partial charge on any atom is 0.254 e. The molecule has 1 fully saturated rings. The summed E-state index contributed by atoms with van der Waals surface area (Å²) in [6.45, 7) is 3.82. The average molecular weight is 372 g/mol. The molecule has 9 heteroatoms. The molecular formula is C17H20N6O2S. The van der Waals surface area contributed by atoms with Gasteiger partial charge in [0, 0.05) is 37.8 Å². The van der Waals surface area contributed by atoms with Gasteiger partial charge in [-0.05, 0) is 6.92 Å². The molecule has 2 aromatic heterocycles. The summed E-state index contributed by atoms with van der Waals surface area (Å²) in [5, 5.41) is 4.28. The third kappa shape index (κ3) is 3.04. The van der Waals surface area contributed by atoms with E-state index in [0.29, 0.717) is 32.0 Å². The lowest BCUT2D eigenvalue weighted by atomic mass is 10.1. The Hall–Kier alpha value is -2.52. The number of sulfonamides is 1. The standard InChI is InChI=1S/C17H20N6O2S/c1-2-26(24,25)22-10-8-21(9-11-22)16-12-15(14-6-4-3-5-7-14)20-17-18-13-19-23(16)17/h3-7,12-13H,2,8-11H2,1H3. The number of piperazine rings is 1. The molecule has 1 aliphatic rings. The lowest BCUT2D eigenvalue weighted by Crippen LogP contribution is -2.49. The fourth-order valence-corrected chi connectivity index (χ4v) is 4.24. The molecule has 3 heterocycles. The zero-order valence-electron chi connectivity index (χ0n) is 14.5. The van der Waals surface area contributed by atoms with Crippen LogP contribution in [0.15, 0.2) is 42.7 Å². The van der Waals surface area contributed by atoms with Crippen LogP contribution < -0.4 is 4.90 Å². The summed E-state index contributed by atoms with van der Waals surface area (Å²) < 4.78 is 27.4. The second-order valence-corrected chi connectivity index (χ2v) is 8.38. The van der Waals surface area contributed by atoms with Crippen LogP contribution in [-0.4, -0.2) is 64.2 Å². The fourth-order valence-electron chi connectivity index (χ4n) is 3.16. The van der Waals surface area contributed by atoms with Crippen LogP contribution in [0.1, 0.15) is 6.92 Å². The van der Waals surface area contributed by atoms with Crippen molar-refractivity contribution in [1.29, 1.82) is 0 Å². The number of aromatic nitrogens is 4. The van der Waals surface area contributed by atoms with Gasteiger partial charge in [0.05, 0.1) is 11.4 Å². The van der Waals surface area contributed by atoms with E-state index in [1.54, 1.807) is 15.7 Å². The number of anilines is 1.